The van der Waals surface area contributed by atoms with Crippen LogP contribution in [-0.4, -0.2) is 37.6 Å². The summed E-state index contributed by atoms with van der Waals surface area (Å²) in [4.78, 5) is 10.5. The number of alkyl halides is 6. The summed E-state index contributed by atoms with van der Waals surface area (Å²) in [6.45, 7) is 3.52. The molecule has 1 aliphatic carbocycles. The lowest BCUT2D eigenvalue weighted by Crippen LogP contribution is -2.45. The fraction of sp³-hybridized carbons (Fsp3) is 0.480. The summed E-state index contributed by atoms with van der Waals surface area (Å²) in [5, 5.41) is 10.5. The Morgan fingerprint density at radius 3 is 1.97 bits per heavy atom. The molecule has 10 heteroatoms. The van der Waals surface area contributed by atoms with Crippen molar-refractivity contribution in [3.05, 3.63) is 54.6 Å². The number of rotatable bonds is 8. The smallest absolute Gasteiger partial charge is 0.439 e. The van der Waals surface area contributed by atoms with Gasteiger partial charge in [-0.25, -0.2) is 4.39 Å². The lowest BCUT2D eigenvalue weighted by atomic mass is 9.82. The van der Waals surface area contributed by atoms with E-state index in [1.165, 1.54) is 12.1 Å². The molecule has 2 aromatic carbocycles. The topological polar surface area (TPSA) is 58.6 Å². The lowest BCUT2D eigenvalue weighted by Gasteiger charge is -2.28. The molecule has 3 rings (SSSR count). The first-order valence-corrected chi connectivity index (χ1v) is 11.2. The van der Waals surface area contributed by atoms with E-state index in [0.717, 1.165) is 56.6 Å². The van der Waals surface area contributed by atoms with Crippen molar-refractivity contribution < 1.29 is 45.7 Å². The minimum atomic E-state index is -5.70. The van der Waals surface area contributed by atoms with Crippen molar-refractivity contribution in [1.82, 2.24) is 0 Å². The average Bonchev–Trinajstić information content (AvgIpc) is 2.83. The highest BCUT2D eigenvalue weighted by atomic mass is 19.4. The molecule has 1 aliphatic rings. The van der Waals surface area contributed by atoms with Gasteiger partial charge in [-0.1, -0.05) is 42.5 Å². The predicted octanol–water partition coefficient (Wildman–Crippen LogP) is 5.80. The molecule has 2 aromatic rings. The summed E-state index contributed by atoms with van der Waals surface area (Å²) in [5.74, 6) is -1.08. The van der Waals surface area contributed by atoms with Crippen LogP contribution < -0.4 is 9.84 Å². The lowest BCUT2D eigenvalue weighted by molar-refractivity contribution is -0.312. The van der Waals surface area contributed by atoms with Crippen LogP contribution in [0.25, 0.3) is 11.1 Å². The molecule has 1 fully saturated rings. The molecule has 0 N–H and O–H groups in total. The van der Waals surface area contributed by atoms with Gasteiger partial charge in [-0.05, 0) is 67.7 Å². The van der Waals surface area contributed by atoms with Gasteiger partial charge in [0, 0.05) is 19.2 Å². The van der Waals surface area contributed by atoms with Crippen molar-refractivity contribution in [2.45, 2.75) is 51.1 Å². The summed E-state index contributed by atoms with van der Waals surface area (Å²) < 4.78 is 84.1. The largest absolute Gasteiger partial charge is 0.550 e. The second-order valence-corrected chi connectivity index (χ2v) is 8.15. The van der Waals surface area contributed by atoms with E-state index in [0.29, 0.717) is 11.5 Å². The molecule has 0 saturated heterocycles. The van der Waals surface area contributed by atoms with Crippen molar-refractivity contribution in [2.75, 3.05) is 13.2 Å². The first-order chi connectivity index (χ1) is 16.4. The summed E-state index contributed by atoms with van der Waals surface area (Å²) in [7, 11) is 0. The zero-order valence-electron chi connectivity index (χ0n) is 19.1. The van der Waals surface area contributed by atoms with E-state index in [-0.39, 0.29) is 5.92 Å². The van der Waals surface area contributed by atoms with Gasteiger partial charge in [0.1, 0.15) is 5.75 Å². The predicted molar refractivity (Wildman–Crippen MR) is 115 cm³/mol. The number of carbonyl (C=O) groups excluding carboxylic acids is 1. The van der Waals surface area contributed by atoms with E-state index in [4.69, 9.17) is 4.74 Å². The van der Waals surface area contributed by atoms with Crippen LogP contribution in [0.5, 0.6) is 5.75 Å². The Hall–Kier alpha value is -2.75. The van der Waals surface area contributed by atoms with E-state index in [1.807, 2.05) is 6.92 Å². The van der Waals surface area contributed by atoms with Crippen LogP contribution in [0.3, 0.4) is 0 Å². The van der Waals surface area contributed by atoms with Crippen molar-refractivity contribution >= 4 is 5.97 Å². The maximum Gasteiger partial charge on any atom is 0.439 e. The molecule has 4 nitrogen and oxygen atoms in total. The minimum absolute atomic E-state index is 0.210. The Morgan fingerprint density at radius 2 is 1.49 bits per heavy atom. The van der Waals surface area contributed by atoms with E-state index in [1.54, 1.807) is 30.3 Å². The van der Waals surface area contributed by atoms with Crippen LogP contribution >= 0.6 is 0 Å². The molecule has 35 heavy (non-hydrogen) atoms. The second kappa shape index (κ2) is 12.8. The molecule has 0 radical (unpaired) electrons. The zero-order chi connectivity index (χ0) is 26.1. The van der Waals surface area contributed by atoms with Gasteiger partial charge in [0.25, 0.3) is 6.17 Å². The van der Waals surface area contributed by atoms with Crippen LogP contribution in [0.15, 0.2) is 54.6 Å². The molecule has 1 unspecified atom stereocenters. The molecule has 0 spiro atoms. The van der Waals surface area contributed by atoms with Gasteiger partial charge in [0.05, 0.1) is 0 Å². The average molecular weight is 505 g/mol. The second-order valence-electron chi connectivity index (χ2n) is 8.15. The van der Waals surface area contributed by atoms with Crippen molar-refractivity contribution in [1.29, 1.82) is 0 Å². The number of hydrogen-bond donors (Lipinski definition) is 0. The van der Waals surface area contributed by atoms with Crippen LogP contribution in [0.1, 0.15) is 32.6 Å². The molecule has 194 valence electrons. The highest BCUT2D eigenvalue weighted by Crippen LogP contribution is 2.37. The number of ether oxygens (including phenoxy) is 2. The third-order valence-electron chi connectivity index (χ3n) is 5.54. The highest BCUT2D eigenvalue weighted by molar-refractivity contribution is 5.67. The fourth-order valence-electron chi connectivity index (χ4n) is 3.59. The number of carboxylic acids is 1. The minimum Gasteiger partial charge on any atom is -0.550 e. The van der Waals surface area contributed by atoms with Gasteiger partial charge >= 0.3 is 12.3 Å². The molecular formula is C25H27F6O4-. The maximum atomic E-state index is 13.1. The van der Waals surface area contributed by atoms with Crippen molar-refractivity contribution in [3.8, 4) is 16.9 Å². The number of benzene rings is 2. The van der Waals surface area contributed by atoms with E-state index in [2.05, 4.69) is 4.74 Å². The quantitative estimate of drug-likeness (QED) is 0.425. The number of aliphatic carboxylic acids is 1. The van der Waals surface area contributed by atoms with Crippen LogP contribution in [0.2, 0.25) is 0 Å². The molecule has 1 atom stereocenters. The Bertz CT molecular complexity index is 894. The normalized spacial score (nSPS) is 19.3. The molecule has 0 aliphatic heterocycles. The van der Waals surface area contributed by atoms with Gasteiger partial charge in [0.2, 0.25) is 0 Å². The van der Waals surface area contributed by atoms with Crippen LogP contribution in [0.4, 0.5) is 26.3 Å². The first kappa shape index (κ1) is 28.5. The van der Waals surface area contributed by atoms with Crippen LogP contribution in [0, 0.1) is 11.8 Å². The summed E-state index contributed by atoms with van der Waals surface area (Å²) in [6, 6.07) is 13.8. The van der Waals surface area contributed by atoms with E-state index < -0.39 is 30.2 Å². The number of hydrogen-bond acceptors (Lipinski definition) is 4. The number of carboxylic acid groups (broad SMARTS) is 1. The van der Waals surface area contributed by atoms with E-state index in [9.17, 15) is 36.2 Å². The van der Waals surface area contributed by atoms with Crippen LogP contribution in [-0.2, 0) is 9.53 Å². The number of halogens is 6. The van der Waals surface area contributed by atoms with Gasteiger partial charge < -0.3 is 19.4 Å². The van der Waals surface area contributed by atoms with Gasteiger partial charge in [-0.2, -0.15) is 22.0 Å². The zero-order valence-corrected chi connectivity index (χ0v) is 19.1. The van der Waals surface area contributed by atoms with Crippen molar-refractivity contribution in [3.63, 3.8) is 0 Å². The monoisotopic (exact) mass is 505 g/mol. The number of carbonyl (C=O) groups is 1. The first-order valence-electron chi connectivity index (χ1n) is 11.2. The highest BCUT2D eigenvalue weighted by Gasteiger charge is 2.59. The Kier molecular flexibility index (Phi) is 10.4. The van der Waals surface area contributed by atoms with Crippen molar-refractivity contribution in [2.24, 2.45) is 11.8 Å². The van der Waals surface area contributed by atoms with E-state index >= 15 is 0 Å². The SMILES string of the molecule is CCOCC1CCC(C(=O)[O-])CC1.FC(C(F)(F)F)C(F)(F)Oc1ccc(-c2ccccc2)cc1. The third-order valence-corrected chi connectivity index (χ3v) is 5.54. The molecule has 0 bridgehead atoms. The molecule has 0 amide bonds. The molecule has 1 saturated carbocycles. The standard InChI is InChI=1S/C15H10F6O.C10H18O3/c16-13(14(17,18)19)15(20,21)22-12-8-6-11(7-9-12)10-4-2-1-3-5-10;1-2-13-7-8-3-5-9(6-4-8)10(11)12/h1-9,13H;8-9H,2-7H2,1H3,(H,11,12)/p-1. The Balaban J connectivity index is 0.000000283. The van der Waals surface area contributed by atoms with Gasteiger partial charge in [0.15, 0.2) is 0 Å². The Labute approximate surface area is 199 Å². The molecule has 0 aromatic heterocycles. The fourth-order valence-corrected chi connectivity index (χ4v) is 3.59. The molecule has 0 heterocycles. The maximum absolute atomic E-state index is 13.1. The summed E-state index contributed by atoms with van der Waals surface area (Å²) in [6.07, 6.45) is -11.6. The summed E-state index contributed by atoms with van der Waals surface area (Å²) in [5.41, 5.74) is 1.45. The Morgan fingerprint density at radius 1 is 0.943 bits per heavy atom. The molecular weight excluding hydrogens is 478 g/mol. The third kappa shape index (κ3) is 9.08. The van der Waals surface area contributed by atoms with Gasteiger partial charge in [-0.15, -0.1) is 0 Å². The summed E-state index contributed by atoms with van der Waals surface area (Å²) >= 11 is 0. The van der Waals surface area contributed by atoms with Gasteiger partial charge in [-0.3, -0.25) is 0 Å².